The average molecular weight is 727 g/mol. The van der Waals surface area contributed by atoms with Crippen LogP contribution in [0.4, 0.5) is 0 Å². The minimum Gasteiger partial charge on any atom is -0.393 e. The lowest BCUT2D eigenvalue weighted by Crippen LogP contribution is -2.28. The summed E-state index contributed by atoms with van der Waals surface area (Å²) in [5.41, 5.74) is 5.14. The molecule has 0 radical (unpaired) electrons. The van der Waals surface area contributed by atoms with Crippen molar-refractivity contribution in [1.29, 1.82) is 0 Å². The van der Waals surface area contributed by atoms with Crippen molar-refractivity contribution < 1.29 is 5.11 Å². The maximum absolute atomic E-state index is 10.1. The van der Waals surface area contributed by atoms with Gasteiger partial charge in [0.15, 0.2) is 0 Å². The summed E-state index contributed by atoms with van der Waals surface area (Å²) in [6, 6.07) is 21.2. The van der Waals surface area contributed by atoms with Crippen LogP contribution >= 0.6 is 0 Å². The van der Waals surface area contributed by atoms with Gasteiger partial charge in [-0.1, -0.05) is 162 Å². The number of aliphatic hydroxyl groups excluding tert-OH is 1. The number of aliphatic hydroxyl groups is 1. The average Bonchev–Trinajstić information content (AvgIpc) is 3.59. The van der Waals surface area contributed by atoms with Crippen molar-refractivity contribution in [2.45, 2.75) is 197 Å². The molecule has 4 rings (SSSR count). The molecule has 2 saturated carbocycles. The van der Waals surface area contributed by atoms with E-state index in [9.17, 15) is 5.11 Å². The Morgan fingerprint density at radius 3 is 1.94 bits per heavy atom. The van der Waals surface area contributed by atoms with Gasteiger partial charge in [-0.2, -0.15) is 0 Å². The highest BCUT2D eigenvalue weighted by atomic mass is 16.3. The normalized spacial score (nSPS) is 26.7. The second-order valence-corrected chi connectivity index (χ2v) is 20.8. The lowest BCUT2D eigenvalue weighted by atomic mass is 9.69. The molecule has 300 valence electrons. The molecule has 2 aliphatic rings. The molecular weight excluding hydrogens is 641 g/mol. The summed E-state index contributed by atoms with van der Waals surface area (Å²) in [6.45, 7) is 26.6. The molecule has 1 nitrogen and oxygen atoms in total. The summed E-state index contributed by atoms with van der Waals surface area (Å²) in [6.07, 6.45) is 21.4. The fraction of sp³-hybridized carbons (Fsp3) is 0.769. The lowest BCUT2D eigenvalue weighted by molar-refractivity contribution is 0.110. The smallest absolute Gasteiger partial charge is 0.0568 e. The largest absolute Gasteiger partial charge is 0.393 e. The fourth-order valence-electron chi connectivity index (χ4n) is 11.6. The molecule has 0 aromatic heterocycles. The van der Waals surface area contributed by atoms with Gasteiger partial charge in [-0.05, 0) is 158 Å². The van der Waals surface area contributed by atoms with Crippen LogP contribution in [0, 0.1) is 58.2 Å². The number of aryl methyl sites for hydroxylation is 1. The van der Waals surface area contributed by atoms with Crippen molar-refractivity contribution in [2.75, 3.05) is 0 Å². The molecule has 0 amide bonds. The predicted octanol–water partition coefficient (Wildman–Crippen LogP) is 15.5. The molecule has 2 aromatic rings. The van der Waals surface area contributed by atoms with Crippen molar-refractivity contribution in [2.24, 2.45) is 58.2 Å². The first kappa shape index (κ1) is 44.1. The third-order valence-corrected chi connectivity index (χ3v) is 15.1. The zero-order valence-corrected chi connectivity index (χ0v) is 36.8. The van der Waals surface area contributed by atoms with Gasteiger partial charge in [0.05, 0.1) is 6.10 Å². The van der Waals surface area contributed by atoms with Gasteiger partial charge in [0.1, 0.15) is 0 Å². The van der Waals surface area contributed by atoms with E-state index >= 15 is 0 Å². The van der Waals surface area contributed by atoms with E-state index in [1.165, 1.54) is 107 Å². The number of hydrogen-bond donors (Lipinski definition) is 1. The molecule has 2 fully saturated rings. The Morgan fingerprint density at radius 1 is 0.736 bits per heavy atom. The van der Waals surface area contributed by atoms with Crippen LogP contribution in [0.25, 0.3) is 0 Å². The Morgan fingerprint density at radius 2 is 1.36 bits per heavy atom. The quantitative estimate of drug-likeness (QED) is 0.113. The van der Waals surface area contributed by atoms with E-state index < -0.39 is 0 Å². The van der Waals surface area contributed by atoms with Crippen LogP contribution in [0.2, 0.25) is 0 Å². The maximum atomic E-state index is 10.1. The molecule has 53 heavy (non-hydrogen) atoms. The molecule has 0 aliphatic heterocycles. The molecule has 0 heterocycles. The first-order chi connectivity index (χ1) is 25.2. The van der Waals surface area contributed by atoms with Gasteiger partial charge in [0.25, 0.3) is 0 Å². The lowest BCUT2D eigenvalue weighted by Gasteiger charge is -2.36. The van der Waals surface area contributed by atoms with Gasteiger partial charge in [0, 0.05) is 0 Å². The van der Waals surface area contributed by atoms with E-state index in [0.29, 0.717) is 17.3 Å². The van der Waals surface area contributed by atoms with Crippen molar-refractivity contribution in [3.8, 4) is 0 Å². The fourth-order valence-corrected chi connectivity index (χ4v) is 11.6. The number of unbranched alkanes of at least 4 members (excludes halogenated alkanes) is 4. The van der Waals surface area contributed by atoms with E-state index in [2.05, 4.69) is 124 Å². The summed E-state index contributed by atoms with van der Waals surface area (Å²) >= 11 is 0. The minimum atomic E-state index is -0.147. The van der Waals surface area contributed by atoms with E-state index in [1.807, 2.05) is 6.92 Å². The van der Waals surface area contributed by atoms with Crippen molar-refractivity contribution in [3.05, 3.63) is 71.3 Å². The first-order valence-corrected chi connectivity index (χ1v) is 23.0. The first-order valence-electron chi connectivity index (χ1n) is 23.0. The summed E-state index contributed by atoms with van der Waals surface area (Å²) in [7, 11) is 0. The molecule has 11 atom stereocenters. The zero-order valence-electron chi connectivity index (χ0n) is 36.8. The Kier molecular flexibility index (Phi) is 17.1. The van der Waals surface area contributed by atoms with Crippen LogP contribution in [0.1, 0.15) is 201 Å². The SMILES string of the molecule is CCc1ccc(C(CC)[C@H](CC[C@H]2CC(C(C)C)C(C(C)C(CCCCCCCC3CC3(C)C(C)O)C[C@H](C)CC(C)(C)C)C2)c2ccccc2)cc1. The van der Waals surface area contributed by atoms with E-state index in [0.717, 1.165) is 53.8 Å². The maximum Gasteiger partial charge on any atom is 0.0568 e. The van der Waals surface area contributed by atoms with Crippen LogP contribution in [0.15, 0.2) is 54.6 Å². The Bertz CT molecular complexity index is 1280. The molecule has 0 spiro atoms. The molecule has 2 aliphatic carbocycles. The summed E-state index contributed by atoms with van der Waals surface area (Å²) in [5, 5.41) is 10.1. The topological polar surface area (TPSA) is 20.2 Å². The minimum absolute atomic E-state index is 0.147. The van der Waals surface area contributed by atoms with Crippen LogP contribution < -0.4 is 0 Å². The Hall–Kier alpha value is -1.60. The summed E-state index contributed by atoms with van der Waals surface area (Å²) < 4.78 is 0. The Balaban J connectivity index is 1.39. The molecule has 0 saturated heterocycles. The van der Waals surface area contributed by atoms with Gasteiger partial charge in [-0.3, -0.25) is 0 Å². The highest BCUT2D eigenvalue weighted by Gasteiger charge is 2.52. The number of hydrogen-bond acceptors (Lipinski definition) is 1. The van der Waals surface area contributed by atoms with Crippen molar-refractivity contribution >= 4 is 0 Å². The third kappa shape index (κ3) is 13.0. The zero-order chi connectivity index (χ0) is 38.8. The molecule has 1 heteroatoms. The highest BCUT2D eigenvalue weighted by Crippen LogP contribution is 2.57. The van der Waals surface area contributed by atoms with Gasteiger partial charge in [0.2, 0.25) is 0 Å². The summed E-state index contributed by atoms with van der Waals surface area (Å²) in [5.74, 6) is 7.74. The van der Waals surface area contributed by atoms with E-state index in [-0.39, 0.29) is 11.5 Å². The molecule has 1 N–H and O–H groups in total. The Labute approximate surface area is 330 Å². The highest BCUT2D eigenvalue weighted by molar-refractivity contribution is 5.31. The third-order valence-electron chi connectivity index (χ3n) is 15.1. The monoisotopic (exact) mass is 727 g/mol. The van der Waals surface area contributed by atoms with Crippen molar-refractivity contribution in [1.82, 2.24) is 0 Å². The van der Waals surface area contributed by atoms with E-state index in [1.54, 1.807) is 5.56 Å². The van der Waals surface area contributed by atoms with Crippen LogP contribution in [-0.2, 0) is 6.42 Å². The van der Waals surface area contributed by atoms with Gasteiger partial charge in [-0.25, -0.2) is 0 Å². The van der Waals surface area contributed by atoms with Gasteiger partial charge < -0.3 is 5.11 Å². The predicted molar refractivity (Wildman–Crippen MR) is 233 cm³/mol. The molecule has 0 bridgehead atoms. The number of rotatable bonds is 23. The summed E-state index contributed by atoms with van der Waals surface area (Å²) in [4.78, 5) is 0. The van der Waals surface area contributed by atoms with Gasteiger partial charge in [-0.15, -0.1) is 0 Å². The molecule has 8 unspecified atom stereocenters. The van der Waals surface area contributed by atoms with Crippen molar-refractivity contribution in [3.63, 3.8) is 0 Å². The van der Waals surface area contributed by atoms with Crippen LogP contribution in [0.5, 0.6) is 0 Å². The standard InChI is InChI=1S/C52H86O/c1-12-41-26-29-44(30-27-41)47(13-2)48(43-22-19-17-20-23-43)31-28-42-33-49(37(3)4)50(34-42)39(6)45(32-38(5)35-51(8,9)10)24-18-15-14-16-21-25-46-36-52(46,11)40(7)53/h17,19-20,22-23,26-27,29-30,37-40,42,45-50,53H,12-16,18,21,24-25,28,31-36H2,1-11H3/t38-,39?,40?,42-,45?,46?,47?,48+,49?,50?,52?/m0/s1. The van der Waals surface area contributed by atoms with Crippen LogP contribution in [0.3, 0.4) is 0 Å². The number of benzene rings is 2. The van der Waals surface area contributed by atoms with Gasteiger partial charge >= 0.3 is 0 Å². The second kappa shape index (κ2) is 20.5. The molecular formula is C52H86O. The molecule has 2 aromatic carbocycles. The van der Waals surface area contributed by atoms with E-state index in [4.69, 9.17) is 0 Å². The van der Waals surface area contributed by atoms with Crippen LogP contribution in [-0.4, -0.2) is 11.2 Å². The second-order valence-electron chi connectivity index (χ2n) is 20.8.